The van der Waals surface area contributed by atoms with E-state index in [1.165, 1.54) is 0 Å². The molecule has 1 fully saturated rings. The van der Waals surface area contributed by atoms with Crippen molar-refractivity contribution < 1.29 is 14.3 Å². The lowest BCUT2D eigenvalue weighted by atomic mass is 9.92. The molecule has 0 saturated carbocycles. The Balaban J connectivity index is 2.47. The van der Waals surface area contributed by atoms with E-state index in [-0.39, 0.29) is 11.6 Å². The molecular weight excluding hydrogens is 144 g/mol. The number of carbonyl (C=O) groups is 2. The summed E-state index contributed by atoms with van der Waals surface area (Å²) in [6.45, 7) is 3.35. The molecule has 0 radical (unpaired) electrons. The highest BCUT2D eigenvalue weighted by Crippen LogP contribution is 2.34. The first-order valence-corrected chi connectivity index (χ1v) is 3.54. The van der Waals surface area contributed by atoms with Crippen LogP contribution in [0.25, 0.3) is 0 Å². The number of carbonyl (C=O) groups excluding carboxylic acids is 2. The quantitative estimate of drug-likeness (QED) is 0.467. The first-order chi connectivity index (χ1) is 5.13. The Bertz CT molecular complexity index is 260. The third kappa shape index (κ3) is 0.715. The van der Waals surface area contributed by atoms with Crippen LogP contribution in [0.15, 0.2) is 11.1 Å². The van der Waals surface area contributed by atoms with E-state index in [0.717, 1.165) is 0 Å². The molecule has 2 rings (SSSR count). The van der Waals surface area contributed by atoms with Crippen LogP contribution in [0.1, 0.15) is 13.8 Å². The van der Waals surface area contributed by atoms with Crippen LogP contribution >= 0.6 is 0 Å². The molecule has 2 atom stereocenters. The maximum atomic E-state index is 11.2. The minimum absolute atomic E-state index is 0.0212. The van der Waals surface area contributed by atoms with Crippen molar-refractivity contribution in [2.45, 2.75) is 26.1 Å². The molecule has 1 heterocycles. The van der Waals surface area contributed by atoms with Gasteiger partial charge in [0.05, 0.1) is 0 Å². The summed E-state index contributed by atoms with van der Waals surface area (Å²) in [5, 5.41) is 0. The van der Waals surface area contributed by atoms with Gasteiger partial charge < -0.3 is 4.74 Å². The van der Waals surface area contributed by atoms with Crippen LogP contribution in [0.4, 0.5) is 0 Å². The van der Waals surface area contributed by atoms with Gasteiger partial charge in [0, 0.05) is 11.1 Å². The predicted molar refractivity (Wildman–Crippen MR) is 37.0 cm³/mol. The molecule has 1 saturated heterocycles. The molecule has 2 aliphatic rings. The lowest BCUT2D eigenvalue weighted by Gasteiger charge is -2.06. The van der Waals surface area contributed by atoms with E-state index in [4.69, 9.17) is 4.74 Å². The Morgan fingerprint density at radius 2 is 1.36 bits per heavy atom. The zero-order chi connectivity index (χ0) is 8.17. The van der Waals surface area contributed by atoms with Crippen molar-refractivity contribution in [3.8, 4) is 0 Å². The van der Waals surface area contributed by atoms with Crippen molar-refractivity contribution in [2.24, 2.45) is 0 Å². The van der Waals surface area contributed by atoms with Gasteiger partial charge in [-0.1, -0.05) is 0 Å². The van der Waals surface area contributed by atoms with Crippen LogP contribution in [0.5, 0.6) is 0 Å². The second kappa shape index (κ2) is 1.80. The van der Waals surface area contributed by atoms with Crippen LogP contribution < -0.4 is 0 Å². The Kier molecular flexibility index (Phi) is 1.10. The van der Waals surface area contributed by atoms with E-state index in [2.05, 4.69) is 0 Å². The van der Waals surface area contributed by atoms with Gasteiger partial charge in [-0.15, -0.1) is 0 Å². The van der Waals surface area contributed by atoms with E-state index < -0.39 is 12.2 Å². The molecule has 1 aliphatic carbocycles. The second-order valence-electron chi connectivity index (χ2n) is 2.96. The summed E-state index contributed by atoms with van der Waals surface area (Å²) < 4.78 is 4.90. The Morgan fingerprint density at radius 1 is 1.00 bits per heavy atom. The third-order valence-corrected chi connectivity index (χ3v) is 2.31. The summed E-state index contributed by atoms with van der Waals surface area (Å²) in [4.78, 5) is 22.4. The van der Waals surface area contributed by atoms with Gasteiger partial charge in [-0.2, -0.15) is 0 Å². The van der Waals surface area contributed by atoms with Crippen molar-refractivity contribution >= 4 is 11.6 Å². The lowest BCUT2D eigenvalue weighted by molar-refractivity contribution is -0.120. The highest BCUT2D eigenvalue weighted by molar-refractivity contribution is 6.18. The van der Waals surface area contributed by atoms with Crippen LogP contribution in [0.2, 0.25) is 0 Å². The summed E-state index contributed by atoms with van der Waals surface area (Å²) in [5.41, 5.74) is 1.13. The molecular formula is C8H8O3. The number of hydrogen-bond acceptors (Lipinski definition) is 3. The fourth-order valence-corrected chi connectivity index (χ4v) is 1.31. The standard InChI is InChI=1S/C8H8O3/c1-3-4(2)6(10)8-7(11-8)5(3)9/h7-8H,1-2H3. The first-order valence-electron chi connectivity index (χ1n) is 3.54. The molecule has 0 aromatic rings. The summed E-state index contributed by atoms with van der Waals surface area (Å²) in [6.07, 6.45) is -0.877. The third-order valence-electron chi connectivity index (χ3n) is 2.31. The van der Waals surface area contributed by atoms with E-state index in [1.54, 1.807) is 13.8 Å². The lowest BCUT2D eigenvalue weighted by Crippen LogP contribution is -2.25. The van der Waals surface area contributed by atoms with E-state index in [9.17, 15) is 9.59 Å². The summed E-state index contributed by atoms with van der Waals surface area (Å²) in [6, 6.07) is 0. The zero-order valence-corrected chi connectivity index (χ0v) is 6.38. The second-order valence-corrected chi connectivity index (χ2v) is 2.96. The normalized spacial score (nSPS) is 35.8. The minimum atomic E-state index is -0.439. The maximum absolute atomic E-state index is 11.2. The van der Waals surface area contributed by atoms with Crippen LogP contribution in [0, 0.1) is 0 Å². The zero-order valence-electron chi connectivity index (χ0n) is 6.38. The molecule has 0 aromatic carbocycles. The van der Waals surface area contributed by atoms with Gasteiger partial charge in [0.15, 0.2) is 23.8 Å². The average molecular weight is 152 g/mol. The molecule has 0 spiro atoms. The molecule has 3 nitrogen and oxygen atoms in total. The summed E-state index contributed by atoms with van der Waals surface area (Å²) in [5.74, 6) is -0.0424. The van der Waals surface area contributed by atoms with Gasteiger partial charge in [0.2, 0.25) is 0 Å². The van der Waals surface area contributed by atoms with Gasteiger partial charge in [-0.05, 0) is 13.8 Å². The minimum Gasteiger partial charge on any atom is -0.352 e. The molecule has 0 amide bonds. The van der Waals surface area contributed by atoms with Crippen LogP contribution in [-0.2, 0) is 14.3 Å². The van der Waals surface area contributed by atoms with E-state index >= 15 is 0 Å². The van der Waals surface area contributed by atoms with Crippen molar-refractivity contribution in [1.82, 2.24) is 0 Å². The predicted octanol–water partition coefficient (Wildman–Crippen LogP) is 0.242. The van der Waals surface area contributed by atoms with Crippen LogP contribution in [0.3, 0.4) is 0 Å². The fraction of sp³-hybridized carbons (Fsp3) is 0.500. The Morgan fingerprint density at radius 3 is 1.73 bits per heavy atom. The van der Waals surface area contributed by atoms with Gasteiger partial charge in [0.1, 0.15) is 0 Å². The molecule has 0 aromatic heterocycles. The number of fused-ring (bicyclic) bond motifs is 1. The monoisotopic (exact) mass is 152 g/mol. The van der Waals surface area contributed by atoms with Gasteiger partial charge in [0.25, 0.3) is 0 Å². The molecule has 3 heteroatoms. The number of rotatable bonds is 0. The summed E-state index contributed by atoms with van der Waals surface area (Å²) >= 11 is 0. The molecule has 11 heavy (non-hydrogen) atoms. The Hall–Kier alpha value is -0.960. The van der Waals surface area contributed by atoms with Crippen molar-refractivity contribution in [3.05, 3.63) is 11.1 Å². The number of hydrogen-bond donors (Lipinski definition) is 0. The highest BCUT2D eigenvalue weighted by atomic mass is 16.6. The van der Waals surface area contributed by atoms with E-state index in [0.29, 0.717) is 11.1 Å². The first kappa shape index (κ1) is 6.73. The average Bonchev–Trinajstić information content (AvgIpc) is 2.76. The van der Waals surface area contributed by atoms with Crippen molar-refractivity contribution in [2.75, 3.05) is 0 Å². The Labute approximate surface area is 64.0 Å². The number of ketones is 2. The summed E-state index contributed by atoms with van der Waals surface area (Å²) in [7, 11) is 0. The topological polar surface area (TPSA) is 46.7 Å². The number of ether oxygens (including phenoxy) is 1. The fourth-order valence-electron chi connectivity index (χ4n) is 1.31. The van der Waals surface area contributed by atoms with Gasteiger partial charge >= 0.3 is 0 Å². The van der Waals surface area contributed by atoms with Gasteiger partial charge in [-0.25, -0.2) is 0 Å². The molecule has 58 valence electrons. The maximum Gasteiger partial charge on any atom is 0.190 e. The number of Topliss-reactive ketones (excluding diaryl/α,β-unsaturated/α-hetero) is 2. The molecule has 2 unspecified atom stereocenters. The van der Waals surface area contributed by atoms with Gasteiger partial charge in [-0.3, -0.25) is 9.59 Å². The highest BCUT2D eigenvalue weighted by Gasteiger charge is 2.54. The molecule has 1 aliphatic heterocycles. The molecule has 0 bridgehead atoms. The largest absolute Gasteiger partial charge is 0.352 e. The van der Waals surface area contributed by atoms with E-state index in [1.807, 2.05) is 0 Å². The van der Waals surface area contributed by atoms with Crippen molar-refractivity contribution in [3.63, 3.8) is 0 Å². The van der Waals surface area contributed by atoms with Crippen LogP contribution in [-0.4, -0.2) is 23.8 Å². The SMILES string of the molecule is CC1=C(C)C(=O)C2OC2C1=O. The smallest absolute Gasteiger partial charge is 0.190 e. The number of epoxide rings is 1. The molecule has 0 N–H and O–H groups in total. The van der Waals surface area contributed by atoms with Crippen molar-refractivity contribution in [1.29, 1.82) is 0 Å².